The summed E-state index contributed by atoms with van der Waals surface area (Å²) in [6, 6.07) is 13.6. The van der Waals surface area contributed by atoms with Gasteiger partial charge in [0.15, 0.2) is 5.75 Å². The quantitative estimate of drug-likeness (QED) is 0.401. The molecule has 0 bridgehead atoms. The van der Waals surface area contributed by atoms with Gasteiger partial charge in [0, 0.05) is 15.6 Å². The third-order valence-electron chi connectivity index (χ3n) is 4.62. The van der Waals surface area contributed by atoms with E-state index in [1.54, 1.807) is 38.1 Å². The van der Waals surface area contributed by atoms with Gasteiger partial charge in [-0.2, -0.15) is 0 Å². The summed E-state index contributed by atoms with van der Waals surface area (Å²) >= 11 is 1.21. The maximum absolute atomic E-state index is 13.7. The lowest BCUT2D eigenvalue weighted by molar-refractivity contribution is 0.103. The average molecular weight is 408 g/mol. The molecular formula is C23H17FO4S. The van der Waals surface area contributed by atoms with Crippen LogP contribution in [0.15, 0.2) is 54.6 Å². The van der Waals surface area contributed by atoms with Crippen molar-refractivity contribution in [3.63, 3.8) is 0 Å². The molecule has 4 aromatic rings. The first kappa shape index (κ1) is 19.0. The van der Waals surface area contributed by atoms with Crippen LogP contribution in [0.4, 0.5) is 4.39 Å². The fraction of sp³-hybridized carbons (Fsp3) is 0.0870. The van der Waals surface area contributed by atoms with E-state index in [4.69, 9.17) is 4.74 Å². The highest BCUT2D eigenvalue weighted by Gasteiger charge is 2.25. The summed E-state index contributed by atoms with van der Waals surface area (Å²) in [6.45, 7) is 3.39. The number of hydrogen-bond donors (Lipinski definition) is 2. The Bertz CT molecular complexity index is 1220. The summed E-state index contributed by atoms with van der Waals surface area (Å²) in [5.74, 6) is 0.350. The number of phenolic OH excluding ortho intramolecular Hbond substituents is 2. The van der Waals surface area contributed by atoms with E-state index < -0.39 is 5.82 Å². The number of rotatable bonds is 4. The zero-order valence-corrected chi connectivity index (χ0v) is 16.5. The number of halogens is 1. The van der Waals surface area contributed by atoms with Crippen molar-refractivity contribution in [3.05, 3.63) is 82.0 Å². The molecule has 0 aliphatic carbocycles. The maximum Gasteiger partial charge on any atom is 0.207 e. The Kier molecular flexibility index (Phi) is 4.72. The predicted octanol–water partition coefficient (Wildman–Crippen LogP) is 6.09. The second kappa shape index (κ2) is 7.22. The van der Waals surface area contributed by atoms with Gasteiger partial charge in [-0.05, 0) is 79.6 Å². The fourth-order valence-corrected chi connectivity index (χ4v) is 4.44. The third kappa shape index (κ3) is 3.54. The molecule has 2 N–H and O–H groups in total. The zero-order chi connectivity index (χ0) is 20.7. The Morgan fingerprint density at radius 2 is 1.55 bits per heavy atom. The largest absolute Gasteiger partial charge is 0.508 e. The summed E-state index contributed by atoms with van der Waals surface area (Å²) in [5, 5.41) is 20.0. The molecule has 0 aliphatic heterocycles. The van der Waals surface area contributed by atoms with E-state index in [1.807, 2.05) is 0 Å². The van der Waals surface area contributed by atoms with E-state index >= 15 is 0 Å². The number of aromatic hydroxyl groups is 2. The summed E-state index contributed by atoms with van der Waals surface area (Å²) in [4.78, 5) is 13.8. The SMILES string of the molecule is Cc1cc(F)cc(C)c1C(=O)c1sc2cc(O)ccc2c1Oc1ccc(O)cc1. The van der Waals surface area contributed by atoms with E-state index in [0.717, 1.165) is 0 Å². The van der Waals surface area contributed by atoms with Crippen molar-refractivity contribution in [2.24, 2.45) is 0 Å². The van der Waals surface area contributed by atoms with Gasteiger partial charge in [-0.25, -0.2) is 4.39 Å². The molecule has 146 valence electrons. The minimum absolute atomic E-state index is 0.0862. The predicted molar refractivity (Wildman–Crippen MR) is 111 cm³/mol. The molecule has 29 heavy (non-hydrogen) atoms. The molecule has 0 fully saturated rings. The first-order valence-corrected chi connectivity index (χ1v) is 9.69. The molecule has 3 aromatic carbocycles. The van der Waals surface area contributed by atoms with Crippen molar-refractivity contribution in [3.8, 4) is 23.0 Å². The van der Waals surface area contributed by atoms with Gasteiger partial charge < -0.3 is 14.9 Å². The fourth-order valence-electron chi connectivity index (χ4n) is 3.33. The Morgan fingerprint density at radius 1 is 0.931 bits per heavy atom. The van der Waals surface area contributed by atoms with Gasteiger partial charge in [-0.3, -0.25) is 4.79 Å². The van der Waals surface area contributed by atoms with Crippen LogP contribution in [-0.4, -0.2) is 16.0 Å². The number of thiophene rings is 1. The van der Waals surface area contributed by atoms with Crippen LogP contribution < -0.4 is 4.74 Å². The second-order valence-electron chi connectivity index (χ2n) is 6.78. The molecule has 0 aliphatic rings. The highest BCUT2D eigenvalue weighted by molar-refractivity contribution is 7.21. The van der Waals surface area contributed by atoms with Crippen LogP contribution in [0.2, 0.25) is 0 Å². The molecule has 0 unspecified atom stereocenters. The summed E-state index contributed by atoms with van der Waals surface area (Å²) in [7, 11) is 0. The number of aryl methyl sites for hydroxylation is 2. The Balaban J connectivity index is 1.89. The number of fused-ring (bicyclic) bond motifs is 1. The van der Waals surface area contributed by atoms with Gasteiger partial charge in [0.2, 0.25) is 5.78 Å². The van der Waals surface area contributed by atoms with E-state index in [9.17, 15) is 19.4 Å². The summed E-state index contributed by atoms with van der Waals surface area (Å²) in [5.41, 5.74) is 1.52. The number of phenols is 2. The molecule has 1 aromatic heterocycles. The number of hydrogen-bond acceptors (Lipinski definition) is 5. The van der Waals surface area contributed by atoms with Gasteiger partial charge in [0.05, 0.1) is 0 Å². The number of carbonyl (C=O) groups is 1. The van der Waals surface area contributed by atoms with E-state index in [0.29, 0.717) is 43.2 Å². The standard InChI is InChI=1S/C23H17FO4S/c1-12-9-14(24)10-13(2)20(12)21(27)23-22(28-17-6-3-15(25)4-7-17)18-8-5-16(26)11-19(18)29-23/h3-11,25-26H,1-2H3. The van der Waals surface area contributed by atoms with Crippen LogP contribution in [0.3, 0.4) is 0 Å². The molecule has 0 amide bonds. The van der Waals surface area contributed by atoms with E-state index in [-0.39, 0.29) is 17.3 Å². The minimum atomic E-state index is -0.390. The van der Waals surface area contributed by atoms with Crippen LogP contribution in [-0.2, 0) is 0 Å². The van der Waals surface area contributed by atoms with Gasteiger partial charge in [-0.15, -0.1) is 11.3 Å². The molecule has 0 saturated carbocycles. The first-order chi connectivity index (χ1) is 13.8. The highest BCUT2D eigenvalue weighted by Crippen LogP contribution is 2.43. The number of ether oxygens (including phenoxy) is 1. The molecule has 0 spiro atoms. The molecular weight excluding hydrogens is 391 g/mol. The van der Waals surface area contributed by atoms with Gasteiger partial charge in [0.25, 0.3) is 0 Å². The normalized spacial score (nSPS) is 11.0. The number of carbonyl (C=O) groups excluding carboxylic acids is 1. The molecule has 1 heterocycles. The van der Waals surface area contributed by atoms with E-state index in [1.165, 1.54) is 41.7 Å². The van der Waals surface area contributed by atoms with Crippen LogP contribution in [0.25, 0.3) is 10.1 Å². The van der Waals surface area contributed by atoms with Crippen molar-refractivity contribution in [2.45, 2.75) is 13.8 Å². The average Bonchev–Trinajstić information content (AvgIpc) is 3.00. The lowest BCUT2D eigenvalue weighted by atomic mass is 9.97. The Labute approximate surface area is 170 Å². The van der Waals surface area contributed by atoms with Crippen molar-refractivity contribution in [1.29, 1.82) is 0 Å². The van der Waals surface area contributed by atoms with Crippen molar-refractivity contribution in [1.82, 2.24) is 0 Å². The van der Waals surface area contributed by atoms with Crippen LogP contribution in [0.5, 0.6) is 23.0 Å². The minimum Gasteiger partial charge on any atom is -0.508 e. The molecule has 6 heteroatoms. The van der Waals surface area contributed by atoms with Crippen molar-refractivity contribution >= 4 is 27.2 Å². The van der Waals surface area contributed by atoms with E-state index in [2.05, 4.69) is 0 Å². The molecule has 0 atom stereocenters. The monoisotopic (exact) mass is 408 g/mol. The first-order valence-electron chi connectivity index (χ1n) is 8.87. The molecule has 0 radical (unpaired) electrons. The summed E-state index contributed by atoms with van der Waals surface area (Å²) in [6.07, 6.45) is 0. The Hall–Kier alpha value is -3.38. The van der Waals surface area contributed by atoms with Crippen molar-refractivity contribution in [2.75, 3.05) is 0 Å². The summed E-state index contributed by atoms with van der Waals surface area (Å²) < 4.78 is 20.4. The molecule has 0 saturated heterocycles. The van der Waals surface area contributed by atoms with Crippen LogP contribution in [0.1, 0.15) is 26.4 Å². The topological polar surface area (TPSA) is 66.8 Å². The zero-order valence-electron chi connectivity index (χ0n) is 15.7. The number of ketones is 1. The lowest BCUT2D eigenvalue weighted by Gasteiger charge is -2.11. The third-order valence-corrected chi connectivity index (χ3v) is 5.75. The van der Waals surface area contributed by atoms with Crippen LogP contribution >= 0.6 is 11.3 Å². The number of benzene rings is 3. The molecule has 4 rings (SSSR count). The smallest absolute Gasteiger partial charge is 0.207 e. The van der Waals surface area contributed by atoms with Crippen LogP contribution in [0, 0.1) is 19.7 Å². The van der Waals surface area contributed by atoms with Crippen molar-refractivity contribution < 1.29 is 24.1 Å². The second-order valence-corrected chi connectivity index (χ2v) is 7.83. The Morgan fingerprint density at radius 3 is 2.21 bits per heavy atom. The van der Waals surface area contributed by atoms with Gasteiger partial charge >= 0.3 is 0 Å². The van der Waals surface area contributed by atoms with Gasteiger partial charge in [0.1, 0.15) is 27.9 Å². The lowest BCUT2D eigenvalue weighted by Crippen LogP contribution is -2.06. The van der Waals surface area contributed by atoms with Gasteiger partial charge in [-0.1, -0.05) is 0 Å². The maximum atomic E-state index is 13.7. The highest BCUT2D eigenvalue weighted by atomic mass is 32.1. The molecule has 4 nitrogen and oxygen atoms in total.